The zero-order valence-corrected chi connectivity index (χ0v) is 14.9. The van der Waals surface area contributed by atoms with E-state index in [0.717, 1.165) is 22.6 Å². The summed E-state index contributed by atoms with van der Waals surface area (Å²) in [5.74, 6) is -1.97. The van der Waals surface area contributed by atoms with Crippen molar-refractivity contribution >= 4 is 22.3 Å². The number of hydrogen-bond donors (Lipinski definition) is 1. The fourth-order valence-corrected chi connectivity index (χ4v) is 2.59. The van der Waals surface area contributed by atoms with Gasteiger partial charge in [0.2, 0.25) is 4.96 Å². The Morgan fingerprint density at radius 3 is 2.56 bits per heavy atom. The summed E-state index contributed by atoms with van der Waals surface area (Å²) in [4.78, 5) is 11.2. The number of rotatable bonds is 5. The van der Waals surface area contributed by atoms with Crippen LogP contribution in [0.4, 0.5) is 13.2 Å². The SMILES string of the molecule is C=C(OC)C(F)(F)F.O=C(O)CC[n+]1ccc(-c2nn3cnnc3s2)cc1. The van der Waals surface area contributed by atoms with E-state index >= 15 is 0 Å². The van der Waals surface area contributed by atoms with Gasteiger partial charge in [-0.3, -0.25) is 4.79 Å². The summed E-state index contributed by atoms with van der Waals surface area (Å²) < 4.78 is 40.9. The number of methoxy groups -OCH3 is 1. The number of aliphatic carboxylic acids is 1. The van der Waals surface area contributed by atoms with Gasteiger partial charge < -0.3 is 9.84 Å². The summed E-state index contributed by atoms with van der Waals surface area (Å²) in [6.45, 7) is 3.06. The van der Waals surface area contributed by atoms with Gasteiger partial charge in [-0.05, 0) is 0 Å². The lowest BCUT2D eigenvalue weighted by Crippen LogP contribution is -2.33. The number of allylic oxidation sites excluding steroid dienone is 1. The first-order chi connectivity index (χ1) is 12.7. The highest BCUT2D eigenvalue weighted by Gasteiger charge is 2.33. The number of carboxylic acid groups (broad SMARTS) is 1. The van der Waals surface area contributed by atoms with E-state index < -0.39 is 17.9 Å². The molecule has 0 aliphatic heterocycles. The second kappa shape index (κ2) is 8.58. The Kier molecular flexibility index (Phi) is 6.45. The fourth-order valence-electron chi connectivity index (χ4n) is 1.77. The third kappa shape index (κ3) is 5.74. The molecule has 3 heterocycles. The van der Waals surface area contributed by atoms with Crippen molar-refractivity contribution in [3.63, 3.8) is 0 Å². The van der Waals surface area contributed by atoms with Crippen LogP contribution in [0.25, 0.3) is 15.5 Å². The van der Waals surface area contributed by atoms with Crippen LogP contribution in [0.5, 0.6) is 0 Å². The molecule has 12 heteroatoms. The van der Waals surface area contributed by atoms with Gasteiger partial charge in [-0.25, -0.2) is 4.57 Å². The number of carboxylic acids is 1. The molecule has 0 aliphatic rings. The van der Waals surface area contributed by atoms with Crippen molar-refractivity contribution < 1.29 is 32.4 Å². The molecule has 0 atom stereocenters. The lowest BCUT2D eigenvalue weighted by Gasteiger charge is -2.06. The van der Waals surface area contributed by atoms with Crippen LogP contribution < -0.4 is 4.57 Å². The maximum atomic E-state index is 11.2. The molecular formula is C15H15F3N5O3S+. The Morgan fingerprint density at radius 2 is 2.07 bits per heavy atom. The Labute approximate surface area is 155 Å². The van der Waals surface area contributed by atoms with Crippen LogP contribution in [0.1, 0.15) is 6.42 Å². The van der Waals surface area contributed by atoms with Gasteiger partial charge in [0, 0.05) is 17.7 Å². The number of fused-ring (bicyclic) bond motifs is 1. The van der Waals surface area contributed by atoms with Crippen molar-refractivity contribution in [2.75, 3.05) is 7.11 Å². The van der Waals surface area contributed by atoms with E-state index in [1.54, 1.807) is 10.8 Å². The quantitative estimate of drug-likeness (QED) is 0.520. The minimum Gasteiger partial charge on any atom is -0.493 e. The summed E-state index contributed by atoms with van der Waals surface area (Å²) >= 11 is 1.46. The van der Waals surface area contributed by atoms with Crippen molar-refractivity contribution in [3.05, 3.63) is 43.2 Å². The number of ether oxygens (including phenoxy) is 1. The van der Waals surface area contributed by atoms with E-state index in [1.807, 2.05) is 29.1 Å². The smallest absolute Gasteiger partial charge is 0.448 e. The lowest BCUT2D eigenvalue weighted by molar-refractivity contribution is -0.695. The highest BCUT2D eigenvalue weighted by Crippen LogP contribution is 2.24. The van der Waals surface area contributed by atoms with Crippen LogP contribution in [0, 0.1) is 0 Å². The fraction of sp³-hybridized carbons (Fsp3) is 0.267. The molecule has 0 unspecified atom stereocenters. The summed E-state index contributed by atoms with van der Waals surface area (Å²) in [6.07, 6.45) is 0.961. The number of pyridine rings is 1. The number of carbonyl (C=O) groups is 1. The zero-order chi connectivity index (χ0) is 20.0. The van der Waals surface area contributed by atoms with Crippen LogP contribution in [0.2, 0.25) is 0 Å². The average Bonchev–Trinajstić information content (AvgIpc) is 3.21. The van der Waals surface area contributed by atoms with Crippen molar-refractivity contribution in [2.24, 2.45) is 0 Å². The monoisotopic (exact) mass is 402 g/mol. The van der Waals surface area contributed by atoms with Crippen molar-refractivity contribution in [3.8, 4) is 10.6 Å². The third-order valence-corrected chi connectivity index (χ3v) is 4.13. The Hall–Kier alpha value is -3.02. The standard InChI is InChI=1S/C11H9N5O2S.C4H5F3O/c17-9(18)3-6-15-4-1-8(2-5-15)10-14-16-7-12-13-11(16)19-10;1-3(8-2)4(5,6)7/h1-2,4-5,7H,3,6H2;1H2,2H3/p+1. The first kappa shape index (κ1) is 20.3. The molecule has 0 radical (unpaired) electrons. The second-order valence-electron chi connectivity index (χ2n) is 5.06. The molecule has 0 saturated carbocycles. The Balaban J connectivity index is 0.000000279. The number of halogens is 3. The predicted molar refractivity (Wildman–Crippen MR) is 88.7 cm³/mol. The molecule has 0 bridgehead atoms. The topological polar surface area (TPSA) is 93.5 Å². The molecule has 0 fully saturated rings. The van der Waals surface area contributed by atoms with Crippen molar-refractivity contribution in [1.29, 1.82) is 0 Å². The molecule has 27 heavy (non-hydrogen) atoms. The molecule has 3 aromatic heterocycles. The molecule has 1 N–H and O–H groups in total. The number of nitrogens with zero attached hydrogens (tertiary/aromatic N) is 5. The van der Waals surface area contributed by atoms with Gasteiger partial charge in [-0.2, -0.15) is 22.8 Å². The van der Waals surface area contributed by atoms with Crippen LogP contribution in [0.15, 0.2) is 43.2 Å². The van der Waals surface area contributed by atoms with Crippen LogP contribution in [0.3, 0.4) is 0 Å². The largest absolute Gasteiger partial charge is 0.493 e. The highest BCUT2D eigenvalue weighted by molar-refractivity contribution is 7.19. The average molecular weight is 402 g/mol. The predicted octanol–water partition coefficient (Wildman–Crippen LogP) is 2.32. The van der Waals surface area contributed by atoms with Crippen molar-refractivity contribution in [2.45, 2.75) is 19.1 Å². The molecule has 144 valence electrons. The van der Waals surface area contributed by atoms with Crippen LogP contribution >= 0.6 is 11.3 Å². The number of alkyl halides is 3. The summed E-state index contributed by atoms with van der Waals surface area (Å²) in [7, 11) is 0.926. The van der Waals surface area contributed by atoms with Gasteiger partial charge in [-0.1, -0.05) is 17.9 Å². The molecule has 0 saturated heterocycles. The van der Waals surface area contributed by atoms with E-state index in [4.69, 9.17) is 5.11 Å². The number of hydrogen-bond acceptors (Lipinski definition) is 6. The van der Waals surface area contributed by atoms with E-state index in [0.29, 0.717) is 6.54 Å². The first-order valence-corrected chi connectivity index (χ1v) is 8.20. The normalized spacial score (nSPS) is 11.0. The Bertz CT molecular complexity index is 892. The molecular weight excluding hydrogens is 387 g/mol. The zero-order valence-electron chi connectivity index (χ0n) is 14.0. The Morgan fingerprint density at radius 1 is 1.41 bits per heavy atom. The van der Waals surface area contributed by atoms with Gasteiger partial charge in [0.25, 0.3) is 0 Å². The second-order valence-corrected chi connectivity index (χ2v) is 6.01. The molecule has 0 spiro atoms. The third-order valence-electron chi connectivity index (χ3n) is 3.17. The van der Waals surface area contributed by atoms with E-state index in [1.165, 1.54) is 11.3 Å². The van der Waals surface area contributed by atoms with Gasteiger partial charge in [-0.15, -0.1) is 10.2 Å². The van der Waals surface area contributed by atoms with Crippen molar-refractivity contribution in [1.82, 2.24) is 19.8 Å². The minimum absolute atomic E-state index is 0.112. The molecule has 0 amide bonds. The number of aryl methyl sites for hydroxylation is 1. The maximum absolute atomic E-state index is 11.2. The lowest BCUT2D eigenvalue weighted by atomic mass is 10.3. The summed E-state index contributed by atoms with van der Waals surface area (Å²) in [6, 6.07) is 3.82. The summed E-state index contributed by atoms with van der Waals surface area (Å²) in [5, 5.41) is 21.5. The molecule has 3 aromatic rings. The number of aromatic nitrogens is 5. The molecule has 8 nitrogen and oxygen atoms in total. The van der Waals surface area contributed by atoms with Gasteiger partial charge in [0.15, 0.2) is 24.7 Å². The van der Waals surface area contributed by atoms with E-state index in [-0.39, 0.29) is 6.42 Å². The van der Waals surface area contributed by atoms with Crippen LogP contribution in [-0.4, -0.2) is 44.2 Å². The summed E-state index contributed by atoms with van der Waals surface area (Å²) in [5.41, 5.74) is 0.974. The van der Waals surface area contributed by atoms with Gasteiger partial charge >= 0.3 is 12.1 Å². The molecule has 0 aliphatic carbocycles. The molecule has 3 rings (SSSR count). The van der Waals surface area contributed by atoms with Gasteiger partial charge in [0.1, 0.15) is 17.8 Å². The first-order valence-electron chi connectivity index (χ1n) is 7.39. The highest BCUT2D eigenvalue weighted by atomic mass is 32.1. The molecule has 0 aromatic carbocycles. The maximum Gasteiger partial charge on any atom is 0.448 e. The van der Waals surface area contributed by atoms with E-state index in [2.05, 4.69) is 26.6 Å². The minimum atomic E-state index is -4.41. The van der Waals surface area contributed by atoms with E-state index in [9.17, 15) is 18.0 Å². The van der Waals surface area contributed by atoms with Crippen LogP contribution in [-0.2, 0) is 16.1 Å². The van der Waals surface area contributed by atoms with Gasteiger partial charge in [0.05, 0.1) is 7.11 Å².